The first kappa shape index (κ1) is 25.1. The van der Waals surface area contributed by atoms with Gasteiger partial charge in [0, 0.05) is 24.8 Å². The number of aryl methyl sites for hydroxylation is 1. The second kappa shape index (κ2) is 13.3. The number of carboxylic acids is 1. The van der Waals surface area contributed by atoms with Crippen LogP contribution in [0.1, 0.15) is 31.4 Å². The monoisotopic (exact) mass is 439 g/mol. The molecule has 0 fully saturated rings. The second-order valence-corrected chi connectivity index (χ2v) is 6.24. The Morgan fingerprint density at radius 3 is 2.35 bits per heavy atom. The van der Waals surface area contributed by atoms with Gasteiger partial charge in [0.05, 0.1) is 0 Å². The average molecular weight is 439 g/mol. The smallest absolute Gasteiger partial charge is 0.410 e. The van der Waals surface area contributed by atoms with Gasteiger partial charge in [0.1, 0.15) is 5.57 Å². The van der Waals surface area contributed by atoms with Crippen molar-refractivity contribution in [2.45, 2.75) is 32.6 Å². The topological polar surface area (TPSA) is 189 Å². The minimum atomic E-state index is -1.52. The van der Waals surface area contributed by atoms with Crippen LogP contribution in [0.15, 0.2) is 23.0 Å². The molecule has 1 aromatic rings. The zero-order valence-corrected chi connectivity index (χ0v) is 17.0. The van der Waals surface area contributed by atoms with Crippen LogP contribution in [0.2, 0.25) is 0 Å². The van der Waals surface area contributed by atoms with Gasteiger partial charge in [-0.1, -0.05) is 19.4 Å². The number of H-pyrrole nitrogens is 1. The molecule has 0 saturated heterocycles. The molecule has 1 rings (SSSR count). The Labute approximate surface area is 177 Å². The summed E-state index contributed by atoms with van der Waals surface area (Å²) in [6, 6.07) is 0.831. The van der Waals surface area contributed by atoms with Crippen LogP contribution < -0.4 is 21.5 Å². The van der Waals surface area contributed by atoms with Gasteiger partial charge in [0.15, 0.2) is 0 Å². The first-order valence-electron chi connectivity index (χ1n) is 9.32. The first-order chi connectivity index (χ1) is 14.7. The number of amides is 3. The Kier molecular flexibility index (Phi) is 10.8. The van der Waals surface area contributed by atoms with Gasteiger partial charge in [0.25, 0.3) is 5.56 Å². The molecule has 3 amide bonds. The van der Waals surface area contributed by atoms with Crippen molar-refractivity contribution in [2.24, 2.45) is 0 Å². The summed E-state index contributed by atoms with van der Waals surface area (Å²) in [4.78, 5) is 62.4. The summed E-state index contributed by atoms with van der Waals surface area (Å²) in [5.74, 6) is -2.64. The number of aromatic nitrogens is 2. The fraction of sp³-hybridized carbons (Fsp3) is 0.444. The lowest BCUT2D eigenvalue weighted by molar-refractivity contribution is -0.150. The number of anilines is 1. The molecular weight excluding hydrogens is 414 g/mol. The largest absolute Gasteiger partial charge is 0.477 e. The SMILES string of the molecule is C=C(C(=O)O)C(=O)OCOC(=O)NCCCCCCNC(=O)Nc1nc(=O)cc(C)[nH]1. The molecule has 13 heteroatoms. The number of hydrogen-bond donors (Lipinski definition) is 5. The Morgan fingerprint density at radius 1 is 1.10 bits per heavy atom. The lowest BCUT2D eigenvalue weighted by Gasteiger charge is -2.08. The Hall–Kier alpha value is -3.90. The molecule has 0 spiro atoms. The number of nitrogens with zero attached hydrogens (tertiary/aromatic N) is 1. The van der Waals surface area contributed by atoms with Crippen molar-refractivity contribution >= 4 is 30.0 Å². The van der Waals surface area contributed by atoms with E-state index >= 15 is 0 Å². The zero-order valence-electron chi connectivity index (χ0n) is 17.0. The number of aliphatic carboxylic acids is 1. The van der Waals surface area contributed by atoms with Crippen molar-refractivity contribution < 1.29 is 33.8 Å². The van der Waals surface area contributed by atoms with Crippen LogP contribution in [-0.2, 0) is 19.1 Å². The molecule has 31 heavy (non-hydrogen) atoms. The molecule has 0 atom stereocenters. The van der Waals surface area contributed by atoms with E-state index in [-0.39, 0.29) is 5.95 Å². The third kappa shape index (κ3) is 11.0. The summed E-state index contributed by atoms with van der Waals surface area (Å²) in [5, 5.41) is 16.1. The van der Waals surface area contributed by atoms with E-state index in [0.29, 0.717) is 31.6 Å². The van der Waals surface area contributed by atoms with E-state index in [1.54, 1.807) is 6.92 Å². The van der Waals surface area contributed by atoms with Crippen molar-refractivity contribution in [3.63, 3.8) is 0 Å². The van der Waals surface area contributed by atoms with E-state index < -0.39 is 42.0 Å². The van der Waals surface area contributed by atoms with Gasteiger partial charge in [-0.05, 0) is 19.8 Å². The van der Waals surface area contributed by atoms with E-state index in [0.717, 1.165) is 12.8 Å². The molecule has 5 N–H and O–H groups in total. The van der Waals surface area contributed by atoms with Crippen molar-refractivity contribution in [3.05, 3.63) is 34.3 Å². The van der Waals surface area contributed by atoms with Crippen molar-refractivity contribution in [1.29, 1.82) is 0 Å². The van der Waals surface area contributed by atoms with Gasteiger partial charge < -0.3 is 30.2 Å². The predicted molar refractivity (Wildman–Crippen MR) is 107 cm³/mol. The van der Waals surface area contributed by atoms with Gasteiger partial charge in [-0.15, -0.1) is 0 Å². The summed E-state index contributed by atoms with van der Waals surface area (Å²) in [5.41, 5.74) is -0.634. The normalized spacial score (nSPS) is 9.97. The number of hydrogen-bond acceptors (Lipinski definition) is 8. The summed E-state index contributed by atoms with van der Waals surface area (Å²) < 4.78 is 8.98. The van der Waals surface area contributed by atoms with Crippen LogP contribution in [0, 0.1) is 6.92 Å². The zero-order chi connectivity index (χ0) is 23.2. The number of esters is 1. The number of carboxylic acid groups (broad SMARTS) is 1. The summed E-state index contributed by atoms with van der Waals surface area (Å²) in [6.07, 6.45) is 2.13. The van der Waals surface area contributed by atoms with E-state index in [1.807, 2.05) is 0 Å². The Balaban J connectivity index is 2.02. The number of rotatable bonds is 12. The third-order valence-electron chi connectivity index (χ3n) is 3.65. The minimum absolute atomic E-state index is 0.0713. The van der Waals surface area contributed by atoms with Crippen molar-refractivity contribution in [1.82, 2.24) is 20.6 Å². The molecule has 1 heterocycles. The maximum Gasteiger partial charge on any atom is 0.410 e. The first-order valence-corrected chi connectivity index (χ1v) is 9.32. The fourth-order valence-electron chi connectivity index (χ4n) is 2.15. The molecule has 0 unspecified atom stereocenters. The lowest BCUT2D eigenvalue weighted by Crippen LogP contribution is -2.31. The maximum atomic E-state index is 11.7. The number of nitrogens with one attached hydrogen (secondary N) is 4. The minimum Gasteiger partial charge on any atom is -0.477 e. The highest BCUT2D eigenvalue weighted by Gasteiger charge is 2.16. The van der Waals surface area contributed by atoms with Crippen molar-refractivity contribution in [2.75, 3.05) is 25.2 Å². The summed E-state index contributed by atoms with van der Waals surface area (Å²) >= 11 is 0. The molecule has 170 valence electrons. The highest BCUT2D eigenvalue weighted by atomic mass is 16.7. The van der Waals surface area contributed by atoms with Gasteiger partial charge in [0.2, 0.25) is 12.7 Å². The fourth-order valence-corrected chi connectivity index (χ4v) is 2.15. The standard InChI is InChI=1S/C18H25N5O8/c1-11-9-13(24)22-16(21-11)23-17(28)19-7-5-3-4-6-8-20-18(29)31-10-30-15(27)12(2)14(25)26/h9H,2-8,10H2,1H3,(H,20,29)(H,25,26)(H3,19,21,22,23,24,28). The van der Waals surface area contributed by atoms with Gasteiger partial charge in [-0.25, -0.2) is 19.2 Å². The molecule has 1 aromatic heterocycles. The molecule has 13 nitrogen and oxygen atoms in total. The third-order valence-corrected chi connectivity index (χ3v) is 3.65. The van der Waals surface area contributed by atoms with Crippen LogP contribution in [0.4, 0.5) is 15.5 Å². The molecule has 0 bridgehead atoms. The van der Waals surface area contributed by atoms with Crippen molar-refractivity contribution in [3.8, 4) is 0 Å². The summed E-state index contributed by atoms with van der Waals surface area (Å²) in [7, 11) is 0. The molecule has 0 saturated carbocycles. The van der Waals surface area contributed by atoms with Crippen LogP contribution in [-0.4, -0.2) is 59.0 Å². The molecule has 0 aliphatic carbocycles. The van der Waals surface area contributed by atoms with Gasteiger partial charge in [-0.3, -0.25) is 10.1 Å². The number of carbonyl (C=O) groups is 4. The van der Waals surface area contributed by atoms with Crippen LogP contribution in [0.3, 0.4) is 0 Å². The second-order valence-electron chi connectivity index (χ2n) is 6.24. The number of unbranched alkanes of at least 4 members (excludes halogenated alkanes) is 3. The average Bonchev–Trinajstić information content (AvgIpc) is 2.68. The van der Waals surface area contributed by atoms with Crippen LogP contribution in [0.25, 0.3) is 0 Å². The Bertz CT molecular complexity index is 867. The maximum absolute atomic E-state index is 11.7. The van der Waals surface area contributed by atoms with Crippen LogP contribution in [0.5, 0.6) is 0 Å². The van der Waals surface area contributed by atoms with Gasteiger partial charge >= 0.3 is 24.1 Å². The predicted octanol–water partition coefficient (Wildman–Crippen LogP) is 0.628. The lowest BCUT2D eigenvalue weighted by atomic mass is 10.2. The molecule has 0 aromatic carbocycles. The van der Waals surface area contributed by atoms with E-state index in [1.165, 1.54) is 6.07 Å². The summed E-state index contributed by atoms with van der Waals surface area (Å²) in [6.45, 7) is 4.70. The van der Waals surface area contributed by atoms with E-state index in [9.17, 15) is 24.0 Å². The number of carbonyl (C=O) groups excluding carboxylic acids is 3. The van der Waals surface area contributed by atoms with E-state index in [2.05, 4.69) is 42.0 Å². The van der Waals surface area contributed by atoms with E-state index in [4.69, 9.17) is 5.11 Å². The Morgan fingerprint density at radius 2 is 1.74 bits per heavy atom. The van der Waals surface area contributed by atoms with Crippen LogP contribution >= 0.6 is 0 Å². The highest BCUT2D eigenvalue weighted by Crippen LogP contribution is 1.99. The highest BCUT2D eigenvalue weighted by molar-refractivity contribution is 6.12. The molecular formula is C18H25N5O8. The quantitative estimate of drug-likeness (QED) is 0.0776. The molecule has 0 radical (unpaired) electrons. The number of ether oxygens (including phenoxy) is 2. The number of urea groups is 1. The van der Waals surface area contributed by atoms with Gasteiger partial charge in [-0.2, -0.15) is 4.98 Å². The number of alkyl carbamates (subject to hydrolysis) is 1. The number of aromatic amines is 1. The molecule has 0 aliphatic heterocycles. The molecule has 0 aliphatic rings.